The summed E-state index contributed by atoms with van der Waals surface area (Å²) in [6.45, 7) is 12.9. The maximum atomic E-state index is 12.9. The van der Waals surface area contributed by atoms with Crippen LogP contribution in [0.1, 0.15) is 61.3 Å². The highest BCUT2D eigenvalue weighted by Crippen LogP contribution is 2.41. The van der Waals surface area contributed by atoms with E-state index < -0.39 is 17.8 Å². The first-order chi connectivity index (χ1) is 13.0. The zero-order valence-corrected chi connectivity index (χ0v) is 16.9. The van der Waals surface area contributed by atoms with Crippen LogP contribution in [-0.2, 0) is 0 Å². The molecule has 3 rings (SSSR count). The molecular weight excluding hydrogens is 356 g/mol. The summed E-state index contributed by atoms with van der Waals surface area (Å²) in [5, 5.41) is 2.09. The lowest BCUT2D eigenvalue weighted by atomic mass is 9.76. The Morgan fingerprint density at radius 3 is 2.00 bits per heavy atom. The van der Waals surface area contributed by atoms with Crippen LogP contribution in [0.2, 0.25) is 0 Å². The van der Waals surface area contributed by atoms with Gasteiger partial charge in [0.2, 0.25) is 0 Å². The van der Waals surface area contributed by atoms with Crippen molar-refractivity contribution in [2.75, 3.05) is 6.54 Å². The van der Waals surface area contributed by atoms with Crippen molar-refractivity contribution in [2.24, 2.45) is 5.73 Å². The number of fused-ring (bicyclic) bond motifs is 1. The van der Waals surface area contributed by atoms with E-state index in [-0.39, 0.29) is 17.1 Å². The number of piperidine rings is 1. The van der Waals surface area contributed by atoms with E-state index in [1.165, 1.54) is 5.01 Å². The average molecular weight is 384 g/mol. The maximum Gasteiger partial charge on any atom is 0.334 e. The van der Waals surface area contributed by atoms with Crippen LogP contribution >= 0.6 is 0 Å². The smallest absolute Gasteiger partial charge is 0.334 e. The van der Waals surface area contributed by atoms with Crippen molar-refractivity contribution >= 4 is 17.8 Å². The summed E-state index contributed by atoms with van der Waals surface area (Å²) in [6, 6.07) is 5.39. The number of carbonyl (C=O) groups excluding carboxylic acids is 3. The van der Waals surface area contributed by atoms with E-state index in [2.05, 4.69) is 39.2 Å². The monoisotopic (exact) mass is 384 g/mol. The van der Waals surface area contributed by atoms with Crippen LogP contribution in [-0.4, -0.2) is 56.4 Å². The molecule has 1 aromatic rings. The van der Waals surface area contributed by atoms with Crippen LogP contribution in [0.25, 0.3) is 0 Å². The van der Waals surface area contributed by atoms with E-state index >= 15 is 0 Å². The lowest BCUT2D eigenvalue weighted by Gasteiger charge is -2.56. The number of amides is 4. The van der Waals surface area contributed by atoms with E-state index in [1.807, 2.05) is 6.08 Å². The molecular formula is C21H28N4O3. The number of hydrogen-bond donors (Lipinski definition) is 1. The molecule has 1 fully saturated rings. The van der Waals surface area contributed by atoms with Gasteiger partial charge in [0.1, 0.15) is 0 Å². The molecule has 150 valence electrons. The number of primary amides is 1. The van der Waals surface area contributed by atoms with Gasteiger partial charge in [0.25, 0.3) is 11.8 Å². The van der Waals surface area contributed by atoms with Gasteiger partial charge in [-0.05, 0) is 52.7 Å². The molecule has 0 radical (unpaired) electrons. The lowest BCUT2D eigenvalue weighted by molar-refractivity contribution is -0.0788. The van der Waals surface area contributed by atoms with Crippen molar-refractivity contribution in [1.82, 2.24) is 14.9 Å². The van der Waals surface area contributed by atoms with Crippen LogP contribution in [0.15, 0.2) is 36.9 Å². The third kappa shape index (κ3) is 3.09. The highest BCUT2D eigenvalue weighted by atomic mass is 16.2. The molecule has 1 saturated heterocycles. The second-order valence-electron chi connectivity index (χ2n) is 8.74. The summed E-state index contributed by atoms with van der Waals surface area (Å²) >= 11 is 0. The zero-order chi connectivity index (χ0) is 20.9. The summed E-state index contributed by atoms with van der Waals surface area (Å²) in [4.78, 5) is 40.6. The third-order valence-electron chi connectivity index (χ3n) is 5.80. The normalized spacial score (nSPS) is 21.5. The molecule has 7 nitrogen and oxygen atoms in total. The topological polar surface area (TPSA) is 86.9 Å². The summed E-state index contributed by atoms with van der Waals surface area (Å²) in [6.07, 6.45) is 3.00. The van der Waals surface area contributed by atoms with Crippen molar-refractivity contribution in [2.45, 2.75) is 57.7 Å². The van der Waals surface area contributed by atoms with Gasteiger partial charge >= 0.3 is 6.03 Å². The van der Waals surface area contributed by atoms with Gasteiger partial charge in [-0.15, -0.1) is 6.58 Å². The van der Waals surface area contributed by atoms with Gasteiger partial charge < -0.3 is 5.73 Å². The fraction of sp³-hybridized carbons (Fsp3) is 0.476. The van der Waals surface area contributed by atoms with Crippen molar-refractivity contribution < 1.29 is 14.4 Å². The van der Waals surface area contributed by atoms with Gasteiger partial charge in [0.05, 0.1) is 17.2 Å². The predicted molar refractivity (Wildman–Crippen MR) is 106 cm³/mol. The number of benzene rings is 1. The molecule has 0 bridgehead atoms. The Hall–Kier alpha value is -2.67. The summed E-state index contributed by atoms with van der Waals surface area (Å²) in [5.41, 5.74) is 5.70. The number of nitrogens with two attached hydrogens (primary N) is 1. The molecule has 2 N–H and O–H groups in total. The average Bonchev–Trinajstić information content (AvgIpc) is 2.83. The van der Waals surface area contributed by atoms with Gasteiger partial charge in [-0.2, -0.15) is 5.01 Å². The standard InChI is InChI=1S/C21H28N4O3/c1-6-11-23-20(2,3)12-14(13-21(23,4)5)24(19(22)28)25-17(26)15-9-7-8-10-16(15)18(25)27/h6-10,14H,1,11-13H2,2-5H3,(H2,22,28). The molecule has 4 amide bonds. The molecule has 0 spiro atoms. The Morgan fingerprint density at radius 1 is 1.14 bits per heavy atom. The molecule has 2 aliphatic rings. The van der Waals surface area contributed by atoms with E-state index in [4.69, 9.17) is 5.73 Å². The Bertz CT molecular complexity index is 793. The Morgan fingerprint density at radius 2 is 1.61 bits per heavy atom. The van der Waals surface area contributed by atoms with Crippen LogP contribution in [0.3, 0.4) is 0 Å². The van der Waals surface area contributed by atoms with E-state index in [0.717, 1.165) is 5.01 Å². The number of carbonyl (C=O) groups is 3. The first-order valence-electron chi connectivity index (χ1n) is 9.46. The fourth-order valence-corrected chi connectivity index (χ4v) is 4.88. The molecule has 0 aliphatic carbocycles. The van der Waals surface area contributed by atoms with Crippen molar-refractivity contribution in [3.05, 3.63) is 48.0 Å². The Labute approximate surface area is 165 Å². The molecule has 28 heavy (non-hydrogen) atoms. The van der Waals surface area contributed by atoms with Crippen LogP contribution in [0.5, 0.6) is 0 Å². The van der Waals surface area contributed by atoms with E-state index in [9.17, 15) is 14.4 Å². The zero-order valence-electron chi connectivity index (χ0n) is 16.9. The number of urea groups is 1. The molecule has 0 aromatic heterocycles. The first-order valence-corrected chi connectivity index (χ1v) is 9.46. The molecule has 7 heteroatoms. The number of imide groups is 1. The fourth-order valence-electron chi connectivity index (χ4n) is 4.88. The van der Waals surface area contributed by atoms with Crippen molar-refractivity contribution in [1.29, 1.82) is 0 Å². The summed E-state index contributed by atoms with van der Waals surface area (Å²) in [7, 11) is 0. The van der Waals surface area contributed by atoms with Gasteiger partial charge in [-0.3, -0.25) is 14.5 Å². The highest BCUT2D eigenvalue weighted by Gasteiger charge is 2.51. The summed E-state index contributed by atoms with van der Waals surface area (Å²) in [5.74, 6) is -1.02. The molecule has 0 atom stereocenters. The molecule has 2 aliphatic heterocycles. The van der Waals surface area contributed by atoms with Crippen LogP contribution < -0.4 is 5.73 Å². The molecule has 0 unspecified atom stereocenters. The molecule has 0 saturated carbocycles. The first kappa shape index (κ1) is 20.1. The SMILES string of the molecule is C=CCN1C(C)(C)CC(N(C(N)=O)N2C(=O)c3ccccc3C2=O)CC1(C)C. The minimum absolute atomic E-state index is 0.285. The number of hydrazine groups is 1. The lowest BCUT2D eigenvalue weighted by Crippen LogP contribution is -2.67. The van der Waals surface area contributed by atoms with Gasteiger partial charge in [-0.25, -0.2) is 9.80 Å². The minimum atomic E-state index is -0.803. The van der Waals surface area contributed by atoms with Gasteiger partial charge in [-0.1, -0.05) is 18.2 Å². The van der Waals surface area contributed by atoms with Crippen molar-refractivity contribution in [3.8, 4) is 0 Å². The van der Waals surface area contributed by atoms with E-state index in [1.54, 1.807) is 24.3 Å². The minimum Gasteiger partial charge on any atom is -0.350 e. The third-order valence-corrected chi connectivity index (χ3v) is 5.80. The molecule has 2 heterocycles. The molecule has 1 aromatic carbocycles. The number of nitrogens with zero attached hydrogens (tertiary/aromatic N) is 3. The summed E-state index contributed by atoms with van der Waals surface area (Å²) < 4.78 is 0. The largest absolute Gasteiger partial charge is 0.350 e. The second-order valence-corrected chi connectivity index (χ2v) is 8.74. The Kier molecular flexibility index (Phi) is 4.83. The van der Waals surface area contributed by atoms with E-state index in [0.29, 0.717) is 30.5 Å². The second kappa shape index (κ2) is 6.74. The van der Waals surface area contributed by atoms with Crippen LogP contribution in [0, 0.1) is 0 Å². The van der Waals surface area contributed by atoms with Gasteiger partial charge in [0, 0.05) is 17.6 Å². The van der Waals surface area contributed by atoms with Crippen molar-refractivity contribution in [3.63, 3.8) is 0 Å². The van der Waals surface area contributed by atoms with Crippen LogP contribution in [0.4, 0.5) is 4.79 Å². The number of rotatable bonds is 4. The van der Waals surface area contributed by atoms with Gasteiger partial charge in [0.15, 0.2) is 0 Å². The highest BCUT2D eigenvalue weighted by molar-refractivity contribution is 6.21. The Balaban J connectivity index is 1.99. The number of hydrogen-bond acceptors (Lipinski definition) is 4. The predicted octanol–water partition coefficient (Wildman–Crippen LogP) is 2.79. The maximum absolute atomic E-state index is 12.9. The number of likely N-dealkylation sites (tertiary alicyclic amines) is 1. The quantitative estimate of drug-likeness (QED) is 0.639.